The maximum Gasteiger partial charge on any atom is 0.414 e. The molecule has 606 valence electrons. The summed E-state index contributed by atoms with van der Waals surface area (Å²) in [6, 6.07) is 31.7. The van der Waals surface area contributed by atoms with Crippen LogP contribution in [0.25, 0.3) is 44.5 Å². The number of carbonyl (C=O) groups is 5. The smallest absolute Gasteiger partial charge is 0.414 e. The number of guanidine groups is 2. The second-order valence-corrected chi connectivity index (χ2v) is 31.4. The molecule has 2 fully saturated rings. The van der Waals surface area contributed by atoms with Gasteiger partial charge in [0.2, 0.25) is 5.96 Å². The van der Waals surface area contributed by atoms with E-state index in [-0.39, 0.29) is 89.6 Å². The number of alkyl halides is 10. The lowest BCUT2D eigenvalue weighted by molar-refractivity contribution is -0.164. The third kappa shape index (κ3) is 15.7. The number of amides is 5. The standard InChI is InChI=1S/C42H38ClF5N10O5.C34H32ClF5N10O3/c1-39(2,3)21-41(27-11-13-29-25(17-27)10-14-32-49-22-51-57(29)32)35(59)56(36(54-41)53-37(60)62-19-24-7-5-4-6-8-24)31(20-63-38(61)55-40(15-16-40)42(46,47)48)26-9-12-28(43)30(18-26)58-34(33(44)45)50-23-52-58;1-31(2,3)15-33(20-6-8-22-18(12-20)5-9-25-42-16-44-49(22)25)28(51)48(29(41)46-33)24(14-53-30(52)47-32(10-11-32)34(38,39)40)19-4-7-21(35)23(13-19)50-27(26(36)37)43-17-45-50/h4-14,17-18,22-23,31,33H,15-16,19-21H2,1-3H3,(H,55,61)(H,53,54,60);4-9,12-13,16-17,24,26H,10-11,14-15H2,1-3H3,(H2,41,46)(H,47,52)/t31-,41-;24-,33-/m11/s1. The van der Waals surface area contributed by atoms with Crippen LogP contribution in [0, 0.1) is 10.8 Å². The fourth-order valence-electron chi connectivity index (χ4n) is 14.3. The monoisotopic (exact) mass is 1650 g/mol. The zero-order chi connectivity index (χ0) is 83.0. The van der Waals surface area contributed by atoms with Crippen molar-refractivity contribution in [2.24, 2.45) is 26.5 Å². The van der Waals surface area contributed by atoms with Crippen LogP contribution in [0.2, 0.25) is 10.0 Å². The van der Waals surface area contributed by atoms with Gasteiger partial charge in [-0.25, -0.2) is 80.3 Å². The van der Waals surface area contributed by atoms with Crippen LogP contribution in [0.1, 0.15) is 144 Å². The van der Waals surface area contributed by atoms with Gasteiger partial charge in [0.15, 0.2) is 40.0 Å². The van der Waals surface area contributed by atoms with Gasteiger partial charge in [-0.15, -0.1) is 0 Å². The molecule has 0 bridgehead atoms. The predicted octanol–water partition coefficient (Wildman–Crippen LogP) is 14.8. The minimum atomic E-state index is -4.78. The number of aromatic nitrogens is 12. The highest BCUT2D eigenvalue weighted by molar-refractivity contribution is 6.32. The predicted molar refractivity (Wildman–Crippen MR) is 398 cm³/mol. The highest BCUT2D eigenvalue weighted by atomic mass is 35.5. The first-order valence-corrected chi connectivity index (χ1v) is 36.6. The minimum Gasteiger partial charge on any atom is -0.447 e. The molecule has 0 spiro atoms. The van der Waals surface area contributed by atoms with Crippen molar-refractivity contribution in [2.45, 2.75) is 146 Å². The van der Waals surface area contributed by atoms with Crippen LogP contribution < -0.4 is 21.7 Å². The Balaban J connectivity index is 0.000000194. The van der Waals surface area contributed by atoms with Gasteiger partial charge in [0.25, 0.3) is 24.7 Å². The van der Waals surface area contributed by atoms with Crippen molar-refractivity contribution in [1.82, 2.24) is 84.5 Å². The Bertz CT molecular complexity index is 5720. The largest absolute Gasteiger partial charge is 0.447 e. The summed E-state index contributed by atoms with van der Waals surface area (Å²) in [4.78, 5) is 98.1. The number of hydrogen-bond acceptors (Lipinski definition) is 19. The topological polar surface area (TPSA) is 328 Å². The molecule has 0 unspecified atom stereocenters. The summed E-state index contributed by atoms with van der Waals surface area (Å²) >= 11 is 13.0. The van der Waals surface area contributed by atoms with Crippen LogP contribution in [0.5, 0.6) is 0 Å². The van der Waals surface area contributed by atoms with Crippen molar-refractivity contribution in [2.75, 3.05) is 13.2 Å². The second-order valence-electron chi connectivity index (χ2n) is 30.6. The molecule has 116 heavy (non-hydrogen) atoms. The fraction of sp³-hybridized carbons (Fsp3) is 0.355. The van der Waals surface area contributed by atoms with Gasteiger partial charge in [0.05, 0.1) is 44.5 Å². The number of halogens is 12. The van der Waals surface area contributed by atoms with E-state index in [2.05, 4.69) is 45.6 Å². The molecule has 40 heteroatoms. The highest BCUT2D eigenvalue weighted by Gasteiger charge is 2.66. The number of nitrogens with zero attached hydrogens (tertiary/aromatic N) is 16. The van der Waals surface area contributed by atoms with E-state index in [4.69, 9.17) is 53.1 Å². The molecule has 5 N–H and O–H groups in total. The van der Waals surface area contributed by atoms with Gasteiger partial charge in [-0.05, 0) is 150 Å². The SMILES string of the molecule is CC(C)(C)C[C@]1(c2ccc3c(ccc4ncnn43)c2)N=C(N)N([C@H](COC(=O)NC2(C(F)(F)F)CC2)c2ccc(Cl)c(-n3ncnc3C(F)F)c2)C1=O.CC(C)(C)C[C@]1(c2ccc3c(ccc4ncnn43)c2)N=C(NC(=O)OCc2ccccc2)N([C@H](COC(=O)NC2(C(F)(F)F)CC2)c2ccc(Cl)c(-n3ncnc3C(F)F)c2)C1=O. The van der Waals surface area contributed by atoms with E-state index in [1.165, 1.54) is 49.1 Å². The van der Waals surface area contributed by atoms with E-state index in [0.717, 1.165) is 31.8 Å². The average molecular weight is 1650 g/mol. The summed E-state index contributed by atoms with van der Waals surface area (Å²) in [5, 5.41) is 24.1. The van der Waals surface area contributed by atoms with E-state index >= 15 is 9.59 Å². The molecule has 4 aliphatic rings. The molecule has 11 aromatic rings. The third-order valence-electron chi connectivity index (χ3n) is 20.0. The van der Waals surface area contributed by atoms with Crippen molar-refractivity contribution >= 4 is 98.3 Å². The second kappa shape index (κ2) is 30.3. The number of pyridine rings is 2. The molecule has 15 rings (SSSR count). The van der Waals surface area contributed by atoms with Crippen molar-refractivity contribution < 1.29 is 82.1 Å². The van der Waals surface area contributed by atoms with E-state index in [1.807, 2.05) is 58.2 Å². The number of nitrogens with one attached hydrogen (secondary N) is 3. The Morgan fingerprint density at radius 2 is 0.948 bits per heavy atom. The fourth-order valence-corrected chi connectivity index (χ4v) is 14.7. The normalized spacial score (nSPS) is 18.5. The quantitative estimate of drug-likeness (QED) is 0.0407. The molecular weight excluding hydrogens is 1580 g/mol. The van der Waals surface area contributed by atoms with Crippen LogP contribution in [-0.4, -0.2) is 147 Å². The van der Waals surface area contributed by atoms with E-state index in [9.17, 15) is 58.3 Å². The van der Waals surface area contributed by atoms with Crippen LogP contribution in [0.3, 0.4) is 0 Å². The lowest BCUT2D eigenvalue weighted by Crippen LogP contribution is -2.51. The average Bonchev–Trinajstić information content (AvgIpc) is 1.59. The molecule has 6 aromatic heterocycles. The number of fused-ring (bicyclic) bond motifs is 6. The summed E-state index contributed by atoms with van der Waals surface area (Å²) in [7, 11) is 0. The summed E-state index contributed by atoms with van der Waals surface area (Å²) in [6.07, 6.45) is -16.1. The number of nitrogens with two attached hydrogens (primary N) is 1. The molecule has 2 aliphatic carbocycles. The van der Waals surface area contributed by atoms with Crippen molar-refractivity contribution in [1.29, 1.82) is 0 Å². The van der Waals surface area contributed by atoms with Gasteiger partial charge in [0, 0.05) is 10.8 Å². The highest BCUT2D eigenvalue weighted by Crippen LogP contribution is 2.52. The van der Waals surface area contributed by atoms with Crippen molar-refractivity contribution in [3.8, 4) is 11.4 Å². The molecule has 5 aromatic carbocycles. The van der Waals surface area contributed by atoms with E-state index in [1.54, 1.807) is 94.0 Å². The first-order valence-electron chi connectivity index (χ1n) is 35.9. The Hall–Kier alpha value is -12.1. The van der Waals surface area contributed by atoms with Gasteiger partial charge in [-0.3, -0.25) is 24.7 Å². The molecule has 5 amide bonds. The van der Waals surface area contributed by atoms with Crippen LogP contribution in [-0.2, 0) is 41.5 Å². The summed E-state index contributed by atoms with van der Waals surface area (Å²) < 4.78 is 160. The third-order valence-corrected chi connectivity index (χ3v) is 20.6. The molecular formula is C76H70Cl2F10N20O8. The van der Waals surface area contributed by atoms with Gasteiger partial charge in [0.1, 0.15) is 56.2 Å². The Kier molecular flexibility index (Phi) is 21.0. The first kappa shape index (κ1) is 80.5. The van der Waals surface area contributed by atoms with Crippen LogP contribution in [0.4, 0.5) is 58.3 Å². The molecule has 0 saturated heterocycles. The Morgan fingerprint density at radius 1 is 0.517 bits per heavy atom. The molecule has 0 radical (unpaired) electrons. The zero-order valence-electron chi connectivity index (χ0n) is 62.1. The first-order chi connectivity index (χ1) is 54.8. The van der Waals surface area contributed by atoms with Crippen LogP contribution in [0.15, 0.2) is 163 Å². The Morgan fingerprint density at radius 3 is 1.38 bits per heavy atom. The van der Waals surface area contributed by atoms with Gasteiger partial charge < -0.3 is 30.6 Å². The summed E-state index contributed by atoms with van der Waals surface area (Å²) in [6.45, 7) is 9.66. The molecule has 28 nitrogen and oxygen atoms in total. The minimum absolute atomic E-state index is 0.0199. The van der Waals surface area contributed by atoms with Crippen LogP contribution >= 0.6 is 23.2 Å². The lowest BCUT2D eigenvalue weighted by atomic mass is 9.75. The molecule has 8 heterocycles. The number of rotatable bonds is 20. The number of ether oxygens (including phenoxy) is 3. The zero-order valence-corrected chi connectivity index (χ0v) is 63.7. The number of carbonyl (C=O) groups excluding carboxylic acids is 5. The van der Waals surface area contributed by atoms with Crippen molar-refractivity contribution in [3.63, 3.8) is 0 Å². The number of alkyl carbamates (subject to hydrolysis) is 3. The summed E-state index contributed by atoms with van der Waals surface area (Å²) in [5.41, 5.74) is 1.17. The van der Waals surface area contributed by atoms with Gasteiger partial charge in [-0.2, -0.15) is 46.7 Å². The van der Waals surface area contributed by atoms with E-state index < -0.39 is 125 Å². The number of hydrogen-bond donors (Lipinski definition) is 4. The summed E-state index contributed by atoms with van der Waals surface area (Å²) in [5.74, 6) is -3.51. The van der Waals surface area contributed by atoms with Crippen molar-refractivity contribution in [3.05, 3.63) is 202 Å². The molecule has 2 aliphatic heterocycles. The van der Waals surface area contributed by atoms with Gasteiger partial charge in [-0.1, -0.05) is 119 Å². The maximum atomic E-state index is 15.7. The lowest BCUT2D eigenvalue weighted by Gasteiger charge is -2.35. The van der Waals surface area contributed by atoms with E-state index in [0.29, 0.717) is 49.8 Å². The molecule has 4 atom stereocenters. The number of aliphatic imine (C=N–C) groups is 2. The molecule has 2 saturated carbocycles. The maximum absolute atomic E-state index is 15.7. The van der Waals surface area contributed by atoms with Gasteiger partial charge >= 0.3 is 30.6 Å². The Labute approximate surface area is 661 Å². The number of benzene rings is 5.